The lowest BCUT2D eigenvalue weighted by molar-refractivity contribution is -0.120. The van der Waals surface area contributed by atoms with Gasteiger partial charge in [0.1, 0.15) is 11.1 Å². The van der Waals surface area contributed by atoms with Gasteiger partial charge in [-0.3, -0.25) is 9.89 Å². The number of aromatic amines is 1. The zero-order valence-corrected chi connectivity index (χ0v) is 15.0. The Hall–Kier alpha value is -1.12. The second-order valence-electron chi connectivity index (χ2n) is 5.90. The van der Waals surface area contributed by atoms with Crippen molar-refractivity contribution < 1.29 is 4.79 Å². The summed E-state index contributed by atoms with van der Waals surface area (Å²) >= 11 is 8.79. The van der Waals surface area contributed by atoms with Gasteiger partial charge < -0.3 is 9.88 Å². The van der Waals surface area contributed by atoms with E-state index < -0.39 is 0 Å². The molecule has 2 aromatic heterocycles. The van der Waals surface area contributed by atoms with E-state index in [4.69, 9.17) is 12.2 Å². The number of amides is 1. The number of hydrogen-bond acceptors (Lipinski definition) is 5. The Bertz CT molecular complexity index is 774. The average Bonchev–Trinajstić information content (AvgIpc) is 3.16. The van der Waals surface area contributed by atoms with E-state index in [1.165, 1.54) is 23.3 Å². The largest absolute Gasteiger partial charge is 0.353 e. The molecule has 122 valence electrons. The molecule has 0 spiro atoms. The monoisotopic (exact) mass is 366 g/mol. The van der Waals surface area contributed by atoms with Crippen molar-refractivity contribution in [2.75, 3.05) is 12.3 Å². The average molecular weight is 367 g/mol. The summed E-state index contributed by atoms with van der Waals surface area (Å²) in [7, 11) is 0. The summed E-state index contributed by atoms with van der Waals surface area (Å²) in [5.74, 6) is 2.71. The molecule has 1 atom stereocenters. The van der Waals surface area contributed by atoms with Gasteiger partial charge in [-0.05, 0) is 54.2 Å². The minimum Gasteiger partial charge on any atom is -0.353 e. The Morgan fingerprint density at radius 1 is 1.52 bits per heavy atom. The number of H-pyrrole nitrogens is 1. The van der Waals surface area contributed by atoms with Crippen molar-refractivity contribution >= 4 is 41.2 Å². The van der Waals surface area contributed by atoms with Gasteiger partial charge >= 0.3 is 0 Å². The van der Waals surface area contributed by atoms with Gasteiger partial charge in [0, 0.05) is 23.9 Å². The van der Waals surface area contributed by atoms with Gasteiger partial charge in [-0.25, -0.2) is 0 Å². The summed E-state index contributed by atoms with van der Waals surface area (Å²) in [4.78, 5) is 13.9. The fraction of sp³-hybridized carbons (Fsp3) is 0.533. The minimum atomic E-state index is -0.0646. The maximum absolute atomic E-state index is 12.5. The number of thiophene rings is 1. The third-order valence-corrected chi connectivity index (χ3v) is 6.83. The first-order valence-electron chi connectivity index (χ1n) is 7.84. The third kappa shape index (κ3) is 3.12. The highest BCUT2D eigenvalue weighted by Gasteiger charge is 2.30. The number of nitrogens with zero attached hydrogens (tertiary/aromatic N) is 2. The molecule has 4 rings (SSSR count). The van der Waals surface area contributed by atoms with Gasteiger partial charge in [-0.1, -0.05) is 0 Å². The van der Waals surface area contributed by atoms with Gasteiger partial charge in [-0.15, -0.1) is 23.1 Å². The lowest BCUT2D eigenvalue weighted by Crippen LogP contribution is -2.32. The number of hydrogen-bond donors (Lipinski definition) is 2. The fourth-order valence-electron chi connectivity index (χ4n) is 2.95. The smallest absolute Gasteiger partial charge is 0.237 e. The Kier molecular flexibility index (Phi) is 4.29. The standard InChI is InChI=1S/C15H18N4OS3/c20-14(12-10-3-7-22-11(10)4-8-23-12)16-5-6-19-13(9-1-2-9)17-18-15(19)21/h3,7,9,12H,1-2,4-6,8H2,(H,16,20)(H,18,21)/t12-/m0/s1. The van der Waals surface area contributed by atoms with E-state index in [0.29, 0.717) is 23.8 Å². The van der Waals surface area contributed by atoms with Crippen LogP contribution in [-0.2, 0) is 17.8 Å². The second-order valence-corrected chi connectivity index (χ2v) is 8.50. The molecule has 8 heteroatoms. The third-order valence-electron chi connectivity index (χ3n) is 4.28. The second kappa shape index (κ2) is 6.41. The number of thioether (sulfide) groups is 1. The molecule has 23 heavy (non-hydrogen) atoms. The van der Waals surface area contributed by atoms with Crippen molar-refractivity contribution in [3.05, 3.63) is 32.5 Å². The molecule has 2 N–H and O–H groups in total. The van der Waals surface area contributed by atoms with Crippen LogP contribution in [0.4, 0.5) is 0 Å². The first-order valence-corrected chi connectivity index (χ1v) is 10.2. The van der Waals surface area contributed by atoms with Gasteiger partial charge in [-0.2, -0.15) is 5.10 Å². The first-order chi connectivity index (χ1) is 11.2. The van der Waals surface area contributed by atoms with E-state index in [1.807, 2.05) is 4.57 Å². The van der Waals surface area contributed by atoms with E-state index in [1.54, 1.807) is 23.1 Å². The molecular weight excluding hydrogens is 348 g/mol. The molecule has 0 saturated heterocycles. The van der Waals surface area contributed by atoms with Gasteiger partial charge in [0.2, 0.25) is 5.91 Å². The van der Waals surface area contributed by atoms with Crippen LogP contribution in [0.2, 0.25) is 0 Å². The molecule has 3 heterocycles. The van der Waals surface area contributed by atoms with Crippen LogP contribution in [0.1, 0.15) is 40.3 Å². The molecule has 2 aromatic rings. The van der Waals surface area contributed by atoms with Gasteiger partial charge in [0.15, 0.2) is 4.77 Å². The Labute approximate surface area is 147 Å². The Balaban J connectivity index is 1.38. The van der Waals surface area contributed by atoms with E-state index in [9.17, 15) is 4.79 Å². The molecule has 1 aliphatic heterocycles. The number of rotatable bonds is 5. The lowest BCUT2D eigenvalue weighted by atomic mass is 10.1. The Morgan fingerprint density at radius 2 is 2.39 bits per heavy atom. The number of carbonyl (C=O) groups is 1. The van der Waals surface area contributed by atoms with Crippen LogP contribution in [0.5, 0.6) is 0 Å². The van der Waals surface area contributed by atoms with Crippen molar-refractivity contribution in [1.82, 2.24) is 20.1 Å². The fourth-order valence-corrected chi connectivity index (χ4v) is 5.49. The van der Waals surface area contributed by atoms with Crippen LogP contribution in [0.15, 0.2) is 11.4 Å². The maximum atomic E-state index is 12.5. The minimum absolute atomic E-state index is 0.0646. The number of aromatic nitrogens is 3. The lowest BCUT2D eigenvalue weighted by Gasteiger charge is -2.21. The molecule has 0 aromatic carbocycles. The van der Waals surface area contributed by atoms with E-state index in [0.717, 1.165) is 18.0 Å². The summed E-state index contributed by atoms with van der Waals surface area (Å²) in [5, 5.41) is 12.3. The van der Waals surface area contributed by atoms with Crippen LogP contribution in [-0.4, -0.2) is 33.0 Å². The van der Waals surface area contributed by atoms with Crippen LogP contribution in [0, 0.1) is 4.77 Å². The molecular formula is C15H18N4OS3. The molecule has 2 aliphatic rings. The molecule has 5 nitrogen and oxygen atoms in total. The molecule has 1 aliphatic carbocycles. The van der Waals surface area contributed by atoms with E-state index in [2.05, 4.69) is 27.0 Å². The number of fused-ring (bicyclic) bond motifs is 1. The summed E-state index contributed by atoms with van der Waals surface area (Å²) in [6.45, 7) is 1.27. The number of carbonyl (C=O) groups excluding carboxylic acids is 1. The highest BCUT2D eigenvalue weighted by atomic mass is 32.2. The quantitative estimate of drug-likeness (QED) is 0.799. The Morgan fingerprint density at radius 3 is 3.22 bits per heavy atom. The predicted octanol–water partition coefficient (Wildman–Crippen LogP) is 3.03. The number of nitrogens with one attached hydrogen (secondary N) is 2. The maximum Gasteiger partial charge on any atom is 0.237 e. The van der Waals surface area contributed by atoms with Crippen LogP contribution < -0.4 is 5.32 Å². The molecule has 0 radical (unpaired) electrons. The normalized spacial score (nSPS) is 20.3. The van der Waals surface area contributed by atoms with Gasteiger partial charge in [0.25, 0.3) is 0 Å². The topological polar surface area (TPSA) is 62.7 Å². The molecule has 0 unspecified atom stereocenters. The van der Waals surface area contributed by atoms with Crippen LogP contribution in [0.25, 0.3) is 0 Å². The van der Waals surface area contributed by atoms with Crippen molar-refractivity contribution in [3.8, 4) is 0 Å². The zero-order valence-electron chi connectivity index (χ0n) is 12.6. The molecule has 1 fully saturated rings. The highest BCUT2D eigenvalue weighted by molar-refractivity contribution is 8.00. The highest BCUT2D eigenvalue weighted by Crippen LogP contribution is 2.40. The molecule has 1 amide bonds. The van der Waals surface area contributed by atoms with Crippen molar-refractivity contribution in [2.24, 2.45) is 0 Å². The zero-order chi connectivity index (χ0) is 15.8. The van der Waals surface area contributed by atoms with Crippen LogP contribution in [0.3, 0.4) is 0 Å². The number of aryl methyl sites for hydroxylation is 1. The summed E-state index contributed by atoms with van der Waals surface area (Å²) in [6.07, 6.45) is 3.45. The van der Waals surface area contributed by atoms with Crippen molar-refractivity contribution in [1.29, 1.82) is 0 Å². The van der Waals surface area contributed by atoms with Crippen LogP contribution >= 0.6 is 35.3 Å². The summed E-state index contributed by atoms with van der Waals surface area (Å²) in [5.41, 5.74) is 1.20. The molecule has 1 saturated carbocycles. The predicted molar refractivity (Wildman–Crippen MR) is 95.6 cm³/mol. The van der Waals surface area contributed by atoms with E-state index >= 15 is 0 Å². The SMILES string of the molecule is O=C(NCCn1c(C2CC2)n[nH]c1=S)[C@H]1SCCc2sccc21. The van der Waals surface area contributed by atoms with Gasteiger partial charge in [0.05, 0.1) is 0 Å². The van der Waals surface area contributed by atoms with Crippen molar-refractivity contribution in [2.45, 2.75) is 37.0 Å². The summed E-state index contributed by atoms with van der Waals surface area (Å²) < 4.78 is 2.67. The molecule has 0 bridgehead atoms. The summed E-state index contributed by atoms with van der Waals surface area (Å²) in [6, 6.07) is 2.09. The first kappa shape index (κ1) is 15.4. The van der Waals surface area contributed by atoms with Crippen molar-refractivity contribution in [3.63, 3.8) is 0 Å². The van der Waals surface area contributed by atoms with E-state index in [-0.39, 0.29) is 11.2 Å².